The van der Waals surface area contributed by atoms with Crippen molar-refractivity contribution in [2.24, 2.45) is 0 Å². The van der Waals surface area contributed by atoms with Crippen LogP contribution in [0.4, 0.5) is 10.1 Å². The van der Waals surface area contributed by atoms with Crippen LogP contribution in [0, 0.1) is 5.82 Å². The van der Waals surface area contributed by atoms with Gasteiger partial charge in [0.25, 0.3) is 0 Å². The topological polar surface area (TPSA) is 56.3 Å². The molecule has 2 aromatic rings. The van der Waals surface area contributed by atoms with E-state index in [9.17, 15) is 14.3 Å². The van der Waals surface area contributed by atoms with Crippen LogP contribution >= 0.6 is 0 Å². The summed E-state index contributed by atoms with van der Waals surface area (Å²) in [6.45, 7) is 5.79. The smallest absolute Gasteiger partial charge is 0.233 e. The summed E-state index contributed by atoms with van der Waals surface area (Å²) in [4.78, 5) is 20.3. The van der Waals surface area contributed by atoms with Crippen LogP contribution in [0.3, 0.4) is 0 Å². The number of halogens is 1. The second-order valence-electron chi connectivity index (χ2n) is 9.97. The predicted molar refractivity (Wildman–Crippen MR) is 129 cm³/mol. The van der Waals surface area contributed by atoms with Crippen molar-refractivity contribution in [3.05, 3.63) is 66.0 Å². The lowest BCUT2D eigenvalue weighted by atomic mass is 9.72. The Morgan fingerprint density at radius 3 is 2.29 bits per heavy atom. The Bertz CT molecular complexity index is 990. The summed E-state index contributed by atoms with van der Waals surface area (Å²) in [5.41, 5.74) is -0.174. The standard InChI is InChI=1S/C27H34FN3O3/c28-24-9-5-4-8-23(24)27(11-18-34-19-12-27)25(32)31-13-10-26(33,21-31)20-29-14-16-30(17-15-29)22-6-2-1-3-7-22/h1-9,33H,10-21H2. The third kappa shape index (κ3) is 4.57. The molecule has 0 aliphatic carbocycles. The van der Waals surface area contributed by atoms with Crippen LogP contribution in [-0.2, 0) is 14.9 Å². The second kappa shape index (κ2) is 9.64. The van der Waals surface area contributed by atoms with Crippen LogP contribution in [0.25, 0.3) is 0 Å². The number of ether oxygens (including phenoxy) is 1. The van der Waals surface area contributed by atoms with Crippen molar-refractivity contribution in [3.63, 3.8) is 0 Å². The third-order valence-electron chi connectivity index (χ3n) is 7.78. The predicted octanol–water partition coefficient (Wildman–Crippen LogP) is 2.66. The molecule has 1 atom stereocenters. The zero-order valence-corrected chi connectivity index (χ0v) is 19.7. The molecule has 3 aliphatic rings. The maximum atomic E-state index is 14.8. The monoisotopic (exact) mass is 467 g/mol. The molecule has 6 nitrogen and oxygen atoms in total. The summed E-state index contributed by atoms with van der Waals surface area (Å²) in [5.74, 6) is -0.422. The molecule has 3 heterocycles. The van der Waals surface area contributed by atoms with Crippen LogP contribution in [0.5, 0.6) is 0 Å². The Balaban J connectivity index is 1.24. The van der Waals surface area contributed by atoms with Gasteiger partial charge in [-0.05, 0) is 37.5 Å². The van der Waals surface area contributed by atoms with Gasteiger partial charge in [0.1, 0.15) is 5.82 Å². The first kappa shape index (κ1) is 23.3. The number of carbonyl (C=O) groups is 1. The van der Waals surface area contributed by atoms with Gasteiger partial charge in [0.15, 0.2) is 0 Å². The first-order chi connectivity index (χ1) is 16.5. The highest BCUT2D eigenvalue weighted by Crippen LogP contribution is 2.40. The molecule has 7 heteroatoms. The average Bonchev–Trinajstić information content (AvgIpc) is 3.26. The molecule has 0 spiro atoms. The van der Waals surface area contributed by atoms with Gasteiger partial charge in [0, 0.05) is 63.7 Å². The zero-order valence-electron chi connectivity index (χ0n) is 19.7. The van der Waals surface area contributed by atoms with Gasteiger partial charge < -0.3 is 19.6 Å². The minimum absolute atomic E-state index is 0.0780. The van der Waals surface area contributed by atoms with E-state index < -0.39 is 11.0 Å². The maximum Gasteiger partial charge on any atom is 0.233 e. The summed E-state index contributed by atoms with van der Waals surface area (Å²) in [6.07, 6.45) is 1.47. The van der Waals surface area contributed by atoms with Crippen molar-refractivity contribution in [2.75, 3.05) is 63.9 Å². The van der Waals surface area contributed by atoms with Crippen LogP contribution in [0.15, 0.2) is 54.6 Å². The molecule has 2 aromatic carbocycles. The number of hydrogen-bond donors (Lipinski definition) is 1. The Morgan fingerprint density at radius 1 is 0.912 bits per heavy atom. The number of β-amino-alcohol motifs (C(OH)–C–C–N with tert-alkyl or cyclic N) is 1. The molecule has 182 valence electrons. The normalized spacial score (nSPS) is 25.5. The van der Waals surface area contributed by atoms with E-state index in [1.54, 1.807) is 23.1 Å². The third-order valence-corrected chi connectivity index (χ3v) is 7.78. The first-order valence-corrected chi connectivity index (χ1v) is 12.4. The van der Waals surface area contributed by atoms with Crippen molar-refractivity contribution in [3.8, 4) is 0 Å². The van der Waals surface area contributed by atoms with Gasteiger partial charge >= 0.3 is 0 Å². The van der Waals surface area contributed by atoms with Crippen molar-refractivity contribution in [1.29, 1.82) is 0 Å². The van der Waals surface area contributed by atoms with Gasteiger partial charge in [-0.2, -0.15) is 0 Å². The Labute approximate surface area is 200 Å². The van der Waals surface area contributed by atoms with E-state index in [0.717, 1.165) is 26.2 Å². The molecule has 1 amide bonds. The SMILES string of the molecule is O=C(N1CCC(O)(CN2CCN(c3ccccc3)CC2)C1)C1(c2ccccc2F)CCOCC1. The molecule has 1 unspecified atom stereocenters. The molecule has 0 saturated carbocycles. The minimum atomic E-state index is -0.938. The number of aliphatic hydroxyl groups is 1. The van der Waals surface area contributed by atoms with Gasteiger partial charge in [-0.1, -0.05) is 36.4 Å². The summed E-state index contributed by atoms with van der Waals surface area (Å²) >= 11 is 0. The van der Waals surface area contributed by atoms with E-state index in [2.05, 4.69) is 34.1 Å². The number of para-hydroxylation sites is 1. The number of nitrogens with zero attached hydrogens (tertiary/aromatic N) is 3. The summed E-state index contributed by atoms with van der Waals surface area (Å²) in [7, 11) is 0. The van der Waals surface area contributed by atoms with Crippen molar-refractivity contribution < 1.29 is 19.0 Å². The van der Waals surface area contributed by atoms with E-state index in [4.69, 9.17) is 4.74 Å². The molecule has 0 bridgehead atoms. The second-order valence-corrected chi connectivity index (χ2v) is 9.97. The van der Waals surface area contributed by atoms with Crippen LogP contribution in [-0.4, -0.2) is 85.4 Å². The highest BCUT2D eigenvalue weighted by atomic mass is 19.1. The molecule has 0 aromatic heterocycles. The molecule has 3 saturated heterocycles. The summed E-state index contributed by atoms with van der Waals surface area (Å²) in [5, 5.41) is 11.4. The molecule has 34 heavy (non-hydrogen) atoms. The molecule has 0 radical (unpaired) electrons. The van der Waals surface area contributed by atoms with Gasteiger partial charge in [0.2, 0.25) is 5.91 Å². The van der Waals surface area contributed by atoms with Crippen LogP contribution < -0.4 is 4.90 Å². The quantitative estimate of drug-likeness (QED) is 0.733. The fourth-order valence-corrected chi connectivity index (χ4v) is 5.85. The van der Waals surface area contributed by atoms with Gasteiger partial charge in [-0.25, -0.2) is 4.39 Å². The van der Waals surface area contributed by atoms with Crippen LogP contribution in [0.1, 0.15) is 24.8 Å². The summed E-state index contributed by atoms with van der Waals surface area (Å²) < 4.78 is 20.3. The van der Waals surface area contributed by atoms with Crippen molar-refractivity contribution in [1.82, 2.24) is 9.80 Å². The fourth-order valence-electron chi connectivity index (χ4n) is 5.85. The number of hydrogen-bond acceptors (Lipinski definition) is 5. The number of amides is 1. The highest BCUT2D eigenvalue weighted by Gasteiger charge is 2.49. The molecule has 1 N–H and O–H groups in total. The number of anilines is 1. The zero-order chi connectivity index (χ0) is 23.6. The lowest BCUT2D eigenvalue weighted by molar-refractivity contribution is -0.141. The van der Waals surface area contributed by atoms with E-state index in [-0.39, 0.29) is 11.7 Å². The van der Waals surface area contributed by atoms with E-state index in [0.29, 0.717) is 57.7 Å². The minimum Gasteiger partial charge on any atom is -0.387 e. The van der Waals surface area contributed by atoms with Gasteiger partial charge in [0.05, 0.1) is 17.6 Å². The highest BCUT2D eigenvalue weighted by molar-refractivity contribution is 5.89. The van der Waals surface area contributed by atoms with Crippen molar-refractivity contribution in [2.45, 2.75) is 30.3 Å². The first-order valence-electron chi connectivity index (χ1n) is 12.4. The Hall–Kier alpha value is -2.48. The molecule has 3 fully saturated rings. The summed E-state index contributed by atoms with van der Waals surface area (Å²) in [6, 6.07) is 17.0. The van der Waals surface area contributed by atoms with Gasteiger partial charge in [-0.15, -0.1) is 0 Å². The van der Waals surface area contributed by atoms with Crippen LogP contribution in [0.2, 0.25) is 0 Å². The largest absolute Gasteiger partial charge is 0.387 e. The van der Waals surface area contributed by atoms with Crippen molar-refractivity contribution >= 4 is 11.6 Å². The molecular weight excluding hydrogens is 433 g/mol. The number of rotatable bonds is 5. The maximum absolute atomic E-state index is 14.8. The number of likely N-dealkylation sites (tertiary alicyclic amines) is 1. The molecular formula is C27H34FN3O3. The fraction of sp³-hybridized carbons (Fsp3) is 0.519. The number of piperazine rings is 1. The average molecular weight is 468 g/mol. The number of carbonyl (C=O) groups excluding carboxylic acids is 1. The Kier molecular flexibility index (Phi) is 6.60. The lowest BCUT2D eigenvalue weighted by Crippen LogP contribution is -2.54. The molecule has 5 rings (SSSR count). The van der Waals surface area contributed by atoms with E-state index in [1.807, 2.05) is 6.07 Å². The van der Waals surface area contributed by atoms with E-state index >= 15 is 0 Å². The van der Waals surface area contributed by atoms with E-state index in [1.165, 1.54) is 11.8 Å². The molecule has 3 aliphatic heterocycles. The lowest BCUT2D eigenvalue weighted by Gasteiger charge is -2.40. The number of benzene rings is 2. The Morgan fingerprint density at radius 2 is 1.59 bits per heavy atom. The van der Waals surface area contributed by atoms with Gasteiger partial charge in [-0.3, -0.25) is 9.69 Å².